The second-order valence-corrected chi connectivity index (χ2v) is 9.28. The molecule has 3 aromatic carbocycles. The molecule has 0 saturated carbocycles. The largest absolute Gasteiger partial charge is 0.497 e. The highest BCUT2D eigenvalue weighted by Crippen LogP contribution is 2.13. The topological polar surface area (TPSA) is 75.7 Å². The van der Waals surface area contributed by atoms with Crippen LogP contribution in [0.15, 0.2) is 90.3 Å². The number of methoxy groups -OCH3 is 1. The smallest absolute Gasteiger partial charge is 0.237 e. The highest BCUT2D eigenvalue weighted by molar-refractivity contribution is 7.92. The number of hydrogen-bond donors (Lipinski definition) is 1. The van der Waals surface area contributed by atoms with Crippen molar-refractivity contribution in [2.75, 3.05) is 20.2 Å². The molecule has 0 aliphatic carbocycles. The highest BCUT2D eigenvalue weighted by atomic mass is 32.2. The summed E-state index contributed by atoms with van der Waals surface area (Å²) >= 11 is 0. The van der Waals surface area contributed by atoms with Crippen LogP contribution < -0.4 is 10.1 Å². The number of rotatable bonds is 11. The van der Waals surface area contributed by atoms with E-state index in [9.17, 15) is 13.2 Å². The number of carbonyl (C=O) groups excluding carboxylic acids is 1. The van der Waals surface area contributed by atoms with Crippen molar-refractivity contribution in [1.29, 1.82) is 0 Å². The van der Waals surface area contributed by atoms with Gasteiger partial charge in [-0.1, -0.05) is 72.8 Å². The van der Waals surface area contributed by atoms with E-state index in [0.717, 1.165) is 27.8 Å². The second-order valence-electron chi connectivity index (χ2n) is 7.46. The highest BCUT2D eigenvalue weighted by Gasteiger charge is 2.22. The Balaban J connectivity index is 1.65. The summed E-state index contributed by atoms with van der Waals surface area (Å²) in [5.74, 6) is 0.421. The van der Waals surface area contributed by atoms with E-state index in [4.69, 9.17) is 4.74 Å². The molecule has 0 aromatic heterocycles. The lowest BCUT2D eigenvalue weighted by molar-refractivity contribution is -0.121. The van der Waals surface area contributed by atoms with Crippen molar-refractivity contribution in [2.45, 2.75) is 13.0 Å². The lowest BCUT2D eigenvalue weighted by atomic mass is 10.1. The van der Waals surface area contributed by atoms with Crippen molar-refractivity contribution in [3.8, 4) is 5.75 Å². The van der Waals surface area contributed by atoms with Gasteiger partial charge in [0, 0.05) is 18.5 Å². The predicted octanol–water partition coefficient (Wildman–Crippen LogP) is 3.86. The zero-order valence-electron chi connectivity index (χ0n) is 18.6. The molecule has 1 N–H and O–H groups in total. The summed E-state index contributed by atoms with van der Waals surface area (Å²) in [7, 11) is -2.21. The first-order valence-electron chi connectivity index (χ1n) is 10.6. The number of nitrogens with zero attached hydrogens (tertiary/aromatic N) is 1. The molecule has 0 heterocycles. The van der Waals surface area contributed by atoms with E-state index < -0.39 is 10.0 Å². The fourth-order valence-electron chi connectivity index (χ4n) is 3.19. The van der Waals surface area contributed by atoms with Crippen LogP contribution in [0.1, 0.15) is 16.7 Å². The third-order valence-corrected chi connectivity index (χ3v) is 6.47. The first-order chi connectivity index (χ1) is 16.0. The molecule has 0 aliphatic rings. The summed E-state index contributed by atoms with van der Waals surface area (Å²) in [5.41, 5.74) is 2.63. The molecule has 0 radical (unpaired) electrons. The van der Waals surface area contributed by atoms with Gasteiger partial charge in [0.1, 0.15) is 5.75 Å². The van der Waals surface area contributed by atoms with E-state index in [0.29, 0.717) is 13.0 Å². The number of amides is 1. The van der Waals surface area contributed by atoms with Crippen LogP contribution in [0.5, 0.6) is 5.75 Å². The van der Waals surface area contributed by atoms with E-state index >= 15 is 0 Å². The van der Waals surface area contributed by atoms with Crippen molar-refractivity contribution in [3.63, 3.8) is 0 Å². The van der Waals surface area contributed by atoms with Crippen LogP contribution in [0.4, 0.5) is 0 Å². The first kappa shape index (κ1) is 24.2. The van der Waals surface area contributed by atoms with Crippen molar-refractivity contribution >= 4 is 22.0 Å². The molecule has 7 heteroatoms. The molecule has 33 heavy (non-hydrogen) atoms. The molecule has 0 aliphatic heterocycles. The Kier molecular flexibility index (Phi) is 8.80. The third-order valence-electron chi connectivity index (χ3n) is 5.01. The van der Waals surface area contributed by atoms with Crippen LogP contribution in [0.2, 0.25) is 0 Å². The van der Waals surface area contributed by atoms with Gasteiger partial charge in [0.25, 0.3) is 0 Å². The molecule has 0 saturated heterocycles. The summed E-state index contributed by atoms with van der Waals surface area (Å²) in [6, 6.07) is 26.0. The van der Waals surface area contributed by atoms with E-state index in [2.05, 4.69) is 5.32 Å². The number of carbonyl (C=O) groups is 1. The van der Waals surface area contributed by atoms with Gasteiger partial charge in [0.15, 0.2) is 0 Å². The quantitative estimate of drug-likeness (QED) is 0.468. The average Bonchev–Trinajstić information content (AvgIpc) is 2.84. The van der Waals surface area contributed by atoms with Crippen molar-refractivity contribution in [1.82, 2.24) is 9.62 Å². The zero-order chi connectivity index (χ0) is 23.5. The van der Waals surface area contributed by atoms with E-state index in [1.165, 1.54) is 10.4 Å². The minimum absolute atomic E-state index is 0.105. The molecule has 0 atom stereocenters. The Morgan fingerprint density at radius 2 is 1.55 bits per heavy atom. The van der Waals surface area contributed by atoms with Crippen molar-refractivity contribution < 1.29 is 17.9 Å². The Labute approximate surface area is 195 Å². The predicted molar refractivity (Wildman–Crippen MR) is 131 cm³/mol. The van der Waals surface area contributed by atoms with Gasteiger partial charge in [0.2, 0.25) is 15.9 Å². The van der Waals surface area contributed by atoms with Crippen molar-refractivity contribution in [3.05, 3.63) is 107 Å². The van der Waals surface area contributed by atoms with E-state index in [1.54, 1.807) is 7.11 Å². The number of sulfonamides is 1. The maximum absolute atomic E-state index is 13.0. The lowest BCUT2D eigenvalue weighted by Crippen LogP contribution is -2.40. The standard InChI is InChI=1S/C26H28N2O4S/c1-32-25-14-12-23(13-15-25)16-18-27-26(29)21-28(20-24-10-6-3-7-11-24)33(30,31)19-17-22-8-4-2-5-9-22/h2-15,17,19H,16,18,20-21H2,1H3,(H,27,29)/b19-17+. The molecule has 0 fully saturated rings. The van der Waals surface area contributed by atoms with Crippen LogP contribution in [0.25, 0.3) is 6.08 Å². The molecule has 6 nitrogen and oxygen atoms in total. The minimum Gasteiger partial charge on any atom is -0.497 e. The Morgan fingerprint density at radius 3 is 2.18 bits per heavy atom. The zero-order valence-corrected chi connectivity index (χ0v) is 19.4. The monoisotopic (exact) mass is 464 g/mol. The molecule has 1 amide bonds. The maximum atomic E-state index is 13.0. The third kappa shape index (κ3) is 7.89. The van der Waals surface area contributed by atoms with Crippen LogP contribution in [0.3, 0.4) is 0 Å². The average molecular weight is 465 g/mol. The summed E-state index contributed by atoms with van der Waals surface area (Å²) in [5, 5.41) is 3.97. The lowest BCUT2D eigenvalue weighted by Gasteiger charge is -2.20. The van der Waals surface area contributed by atoms with Crippen LogP contribution in [-0.4, -0.2) is 38.8 Å². The molecule has 3 rings (SSSR count). The van der Waals surface area contributed by atoms with Gasteiger partial charge in [0.05, 0.1) is 13.7 Å². The van der Waals surface area contributed by atoms with Crippen LogP contribution in [-0.2, 0) is 27.8 Å². The van der Waals surface area contributed by atoms with Gasteiger partial charge >= 0.3 is 0 Å². The van der Waals surface area contributed by atoms with Gasteiger partial charge in [-0.2, -0.15) is 4.31 Å². The van der Waals surface area contributed by atoms with E-state index in [-0.39, 0.29) is 19.0 Å². The fraction of sp³-hybridized carbons (Fsp3) is 0.192. The van der Waals surface area contributed by atoms with Gasteiger partial charge in [-0.15, -0.1) is 0 Å². The molecule has 0 bridgehead atoms. The summed E-state index contributed by atoms with van der Waals surface area (Å²) in [6.07, 6.45) is 2.17. The number of benzene rings is 3. The SMILES string of the molecule is COc1ccc(CCNC(=O)CN(Cc2ccccc2)S(=O)(=O)/C=C/c2ccccc2)cc1. The van der Waals surface area contributed by atoms with Crippen LogP contribution in [0, 0.1) is 0 Å². The number of hydrogen-bond acceptors (Lipinski definition) is 4. The molecular formula is C26H28N2O4S. The Morgan fingerprint density at radius 1 is 0.909 bits per heavy atom. The Hall–Kier alpha value is -3.42. The second kappa shape index (κ2) is 12.0. The van der Waals surface area contributed by atoms with Gasteiger partial charge < -0.3 is 10.1 Å². The molecule has 0 spiro atoms. The molecule has 3 aromatic rings. The maximum Gasteiger partial charge on any atom is 0.237 e. The molecular weight excluding hydrogens is 436 g/mol. The number of ether oxygens (including phenoxy) is 1. The fourth-order valence-corrected chi connectivity index (χ4v) is 4.32. The minimum atomic E-state index is -3.82. The van der Waals surface area contributed by atoms with Gasteiger partial charge in [-0.3, -0.25) is 4.79 Å². The summed E-state index contributed by atoms with van der Waals surface area (Å²) in [6.45, 7) is 0.247. The first-order valence-corrected chi connectivity index (χ1v) is 12.1. The van der Waals surface area contributed by atoms with Gasteiger partial charge in [-0.05, 0) is 41.3 Å². The Bertz CT molecular complexity index is 1150. The molecule has 0 unspecified atom stereocenters. The summed E-state index contributed by atoms with van der Waals surface area (Å²) < 4.78 is 32.4. The molecule has 172 valence electrons. The van der Waals surface area contributed by atoms with Crippen molar-refractivity contribution in [2.24, 2.45) is 0 Å². The normalized spacial score (nSPS) is 11.6. The van der Waals surface area contributed by atoms with Crippen LogP contribution >= 0.6 is 0 Å². The van der Waals surface area contributed by atoms with E-state index in [1.807, 2.05) is 84.9 Å². The summed E-state index contributed by atoms with van der Waals surface area (Å²) in [4.78, 5) is 12.6. The number of nitrogens with one attached hydrogen (secondary N) is 1. The van der Waals surface area contributed by atoms with Gasteiger partial charge in [-0.25, -0.2) is 8.42 Å².